The Kier molecular flexibility index (Phi) is 3.39. The molecule has 1 aliphatic rings. The number of aliphatic hydroxyl groups is 1. The molecule has 2 rings (SSSR count). The fourth-order valence-corrected chi connectivity index (χ4v) is 2.57. The van der Waals surface area contributed by atoms with Crippen molar-refractivity contribution >= 4 is 5.69 Å². The molecular formula is C15H24N2O. The van der Waals surface area contributed by atoms with Gasteiger partial charge in [0, 0.05) is 30.9 Å². The lowest BCUT2D eigenvalue weighted by atomic mass is 10.0. The van der Waals surface area contributed by atoms with Crippen LogP contribution in [0.2, 0.25) is 0 Å². The van der Waals surface area contributed by atoms with E-state index in [4.69, 9.17) is 0 Å². The number of hydrogen-bond acceptors (Lipinski definition) is 3. The quantitative estimate of drug-likeness (QED) is 0.797. The SMILES string of the molecule is Cc1ccccc1N1CC(C)(O)CNC(C)(C)C1. The van der Waals surface area contributed by atoms with Gasteiger partial charge in [0.25, 0.3) is 0 Å². The minimum Gasteiger partial charge on any atom is -0.387 e. The third-order valence-corrected chi connectivity index (χ3v) is 3.52. The molecule has 1 aromatic rings. The molecule has 0 aromatic heterocycles. The van der Waals surface area contributed by atoms with Crippen LogP contribution in [0.3, 0.4) is 0 Å². The number of hydrogen-bond donors (Lipinski definition) is 2. The fourth-order valence-electron chi connectivity index (χ4n) is 2.57. The summed E-state index contributed by atoms with van der Waals surface area (Å²) in [6, 6.07) is 8.36. The van der Waals surface area contributed by atoms with Gasteiger partial charge in [-0.25, -0.2) is 0 Å². The predicted octanol–water partition coefficient (Wildman–Crippen LogP) is 1.93. The van der Waals surface area contributed by atoms with Crippen molar-refractivity contribution in [3.8, 4) is 0 Å². The first-order valence-electron chi connectivity index (χ1n) is 6.57. The van der Waals surface area contributed by atoms with Crippen LogP contribution in [0.4, 0.5) is 5.69 Å². The molecule has 0 bridgehead atoms. The minimum absolute atomic E-state index is 0.00275. The van der Waals surface area contributed by atoms with Crippen LogP contribution in [0, 0.1) is 6.92 Å². The maximum Gasteiger partial charge on any atom is 0.0917 e. The molecule has 0 spiro atoms. The fraction of sp³-hybridized carbons (Fsp3) is 0.600. The summed E-state index contributed by atoms with van der Waals surface area (Å²) in [5.41, 5.74) is 1.78. The highest BCUT2D eigenvalue weighted by Gasteiger charge is 2.34. The average molecular weight is 248 g/mol. The number of anilines is 1. The van der Waals surface area contributed by atoms with Crippen molar-refractivity contribution in [1.29, 1.82) is 0 Å². The molecule has 1 saturated heterocycles. The smallest absolute Gasteiger partial charge is 0.0917 e. The first-order valence-corrected chi connectivity index (χ1v) is 6.57. The maximum atomic E-state index is 10.4. The van der Waals surface area contributed by atoms with Crippen molar-refractivity contribution in [3.63, 3.8) is 0 Å². The molecule has 1 aliphatic heterocycles. The number of rotatable bonds is 1. The lowest BCUT2D eigenvalue weighted by Gasteiger charge is -2.33. The van der Waals surface area contributed by atoms with Crippen molar-refractivity contribution in [1.82, 2.24) is 5.32 Å². The van der Waals surface area contributed by atoms with Gasteiger partial charge in [-0.2, -0.15) is 0 Å². The van der Waals surface area contributed by atoms with Gasteiger partial charge >= 0.3 is 0 Å². The van der Waals surface area contributed by atoms with Gasteiger partial charge in [0.05, 0.1) is 5.60 Å². The number of nitrogens with one attached hydrogen (secondary N) is 1. The van der Waals surface area contributed by atoms with Crippen molar-refractivity contribution in [2.45, 2.75) is 38.8 Å². The van der Waals surface area contributed by atoms with Crippen LogP contribution in [0.25, 0.3) is 0 Å². The number of aryl methyl sites for hydroxylation is 1. The average Bonchev–Trinajstić information content (AvgIpc) is 2.36. The van der Waals surface area contributed by atoms with Gasteiger partial charge in [-0.3, -0.25) is 0 Å². The Morgan fingerprint density at radius 1 is 1.17 bits per heavy atom. The Balaban J connectivity index is 2.33. The van der Waals surface area contributed by atoms with Gasteiger partial charge in [0.1, 0.15) is 0 Å². The van der Waals surface area contributed by atoms with Crippen molar-refractivity contribution in [2.24, 2.45) is 0 Å². The Morgan fingerprint density at radius 2 is 1.83 bits per heavy atom. The van der Waals surface area contributed by atoms with E-state index in [0.29, 0.717) is 13.1 Å². The molecule has 3 nitrogen and oxygen atoms in total. The van der Waals surface area contributed by atoms with Gasteiger partial charge in [-0.15, -0.1) is 0 Å². The van der Waals surface area contributed by atoms with Crippen LogP contribution in [-0.4, -0.2) is 35.9 Å². The molecule has 1 atom stereocenters. The molecule has 1 aromatic carbocycles. The Bertz CT molecular complexity index is 408. The van der Waals surface area contributed by atoms with Gasteiger partial charge in [-0.1, -0.05) is 18.2 Å². The maximum absolute atomic E-state index is 10.4. The number of benzene rings is 1. The van der Waals surface area contributed by atoms with Crippen molar-refractivity contribution in [3.05, 3.63) is 29.8 Å². The number of para-hydroxylation sites is 1. The van der Waals surface area contributed by atoms with Crippen molar-refractivity contribution in [2.75, 3.05) is 24.5 Å². The summed E-state index contributed by atoms with van der Waals surface area (Å²) in [5.74, 6) is 0. The van der Waals surface area contributed by atoms with E-state index in [1.54, 1.807) is 0 Å². The highest BCUT2D eigenvalue weighted by Crippen LogP contribution is 2.25. The predicted molar refractivity (Wildman–Crippen MR) is 76.1 cm³/mol. The second-order valence-electron chi connectivity index (χ2n) is 6.38. The summed E-state index contributed by atoms with van der Waals surface area (Å²) in [5, 5.41) is 13.8. The second-order valence-corrected chi connectivity index (χ2v) is 6.38. The van der Waals surface area contributed by atoms with E-state index >= 15 is 0 Å². The topological polar surface area (TPSA) is 35.5 Å². The Labute approximate surface area is 110 Å². The largest absolute Gasteiger partial charge is 0.387 e. The van der Waals surface area contributed by atoms with Crippen LogP contribution in [0.1, 0.15) is 26.3 Å². The molecule has 1 unspecified atom stereocenters. The van der Waals surface area contributed by atoms with E-state index in [2.05, 4.69) is 55.3 Å². The summed E-state index contributed by atoms with van der Waals surface area (Å²) in [4.78, 5) is 2.29. The molecule has 2 N–H and O–H groups in total. The van der Waals surface area contributed by atoms with E-state index in [1.165, 1.54) is 11.3 Å². The highest BCUT2D eigenvalue weighted by atomic mass is 16.3. The molecule has 3 heteroatoms. The molecular weight excluding hydrogens is 224 g/mol. The number of β-amino-alcohol motifs (C(OH)–C–C–N with tert-alkyl or cyclic N) is 1. The zero-order valence-corrected chi connectivity index (χ0v) is 11.8. The van der Waals surface area contributed by atoms with Crippen LogP contribution >= 0.6 is 0 Å². The Morgan fingerprint density at radius 3 is 2.50 bits per heavy atom. The van der Waals surface area contributed by atoms with Gasteiger partial charge in [0.15, 0.2) is 0 Å². The lowest BCUT2D eigenvalue weighted by Crippen LogP contribution is -2.47. The molecule has 1 fully saturated rings. The summed E-state index contributed by atoms with van der Waals surface area (Å²) in [6.07, 6.45) is 0. The van der Waals surface area contributed by atoms with E-state index < -0.39 is 5.60 Å². The van der Waals surface area contributed by atoms with E-state index in [1.807, 2.05) is 6.92 Å². The monoisotopic (exact) mass is 248 g/mol. The summed E-state index contributed by atoms with van der Waals surface area (Å²) >= 11 is 0. The first-order chi connectivity index (χ1) is 8.29. The third-order valence-electron chi connectivity index (χ3n) is 3.52. The van der Waals surface area contributed by atoms with Gasteiger partial charge in [0.2, 0.25) is 0 Å². The summed E-state index contributed by atoms with van der Waals surface area (Å²) in [7, 11) is 0. The van der Waals surface area contributed by atoms with E-state index in [0.717, 1.165) is 6.54 Å². The van der Waals surface area contributed by atoms with Crippen LogP contribution < -0.4 is 10.2 Å². The summed E-state index contributed by atoms with van der Waals surface area (Å²) < 4.78 is 0. The molecule has 18 heavy (non-hydrogen) atoms. The van der Waals surface area contributed by atoms with Gasteiger partial charge < -0.3 is 15.3 Å². The van der Waals surface area contributed by atoms with Gasteiger partial charge in [-0.05, 0) is 39.3 Å². The minimum atomic E-state index is -0.698. The Hall–Kier alpha value is -1.06. The molecule has 0 aliphatic carbocycles. The zero-order chi connectivity index (χ0) is 13.4. The third kappa shape index (κ3) is 3.03. The molecule has 0 radical (unpaired) electrons. The molecule has 100 valence electrons. The zero-order valence-electron chi connectivity index (χ0n) is 11.8. The van der Waals surface area contributed by atoms with E-state index in [-0.39, 0.29) is 5.54 Å². The highest BCUT2D eigenvalue weighted by molar-refractivity contribution is 5.53. The van der Waals surface area contributed by atoms with Crippen LogP contribution in [-0.2, 0) is 0 Å². The molecule has 0 amide bonds. The number of nitrogens with zero attached hydrogens (tertiary/aromatic N) is 1. The van der Waals surface area contributed by atoms with E-state index in [9.17, 15) is 5.11 Å². The lowest BCUT2D eigenvalue weighted by molar-refractivity contribution is 0.0696. The van der Waals surface area contributed by atoms with Crippen LogP contribution in [0.15, 0.2) is 24.3 Å². The first kappa shape index (κ1) is 13.4. The molecule has 1 heterocycles. The second kappa shape index (κ2) is 4.56. The van der Waals surface area contributed by atoms with Crippen LogP contribution in [0.5, 0.6) is 0 Å². The molecule has 0 saturated carbocycles. The standard InChI is InChI=1S/C15H24N2O/c1-12-7-5-6-8-13(12)17-10-14(2,3)16-9-15(4,18)11-17/h5-8,16,18H,9-11H2,1-4H3. The normalized spacial score (nSPS) is 27.9. The van der Waals surface area contributed by atoms with Crippen molar-refractivity contribution < 1.29 is 5.11 Å². The summed E-state index contributed by atoms with van der Waals surface area (Å²) in [6.45, 7) is 10.6.